The number of hydrogen-bond acceptors (Lipinski definition) is 7. The number of alkyl halides is 3. The number of aliphatic hydroxyl groups is 1. The van der Waals surface area contributed by atoms with Crippen LogP contribution in [-0.2, 0) is 4.84 Å². The number of oxime groups is 1. The minimum Gasteiger partial charge on any atom is -0.396 e. The molecule has 1 saturated heterocycles. The SMILES string of the molecule is O=C(NCC(F)(F)F)Nc1cccc(-c2cnc3cc(C=NOCCCN4CCN(CCO)CC4)ccn23)c1. The van der Waals surface area contributed by atoms with Crippen LogP contribution in [0.25, 0.3) is 16.9 Å². The Morgan fingerprint density at radius 3 is 2.64 bits per heavy atom. The van der Waals surface area contributed by atoms with E-state index in [9.17, 15) is 18.0 Å². The molecule has 0 unspecified atom stereocenters. The number of carbonyl (C=O) groups is 1. The van der Waals surface area contributed by atoms with Gasteiger partial charge in [0, 0.05) is 62.3 Å². The number of nitrogens with one attached hydrogen (secondary N) is 2. The van der Waals surface area contributed by atoms with E-state index in [1.807, 2.05) is 28.8 Å². The van der Waals surface area contributed by atoms with E-state index < -0.39 is 18.8 Å². The van der Waals surface area contributed by atoms with Gasteiger partial charge in [-0.1, -0.05) is 17.3 Å². The van der Waals surface area contributed by atoms with E-state index in [4.69, 9.17) is 9.94 Å². The molecule has 3 heterocycles. The Morgan fingerprint density at radius 2 is 1.90 bits per heavy atom. The molecule has 0 saturated carbocycles. The number of aromatic nitrogens is 2. The Kier molecular flexibility index (Phi) is 9.74. The van der Waals surface area contributed by atoms with E-state index in [0.717, 1.165) is 62.5 Å². The number of benzene rings is 1. The van der Waals surface area contributed by atoms with Crippen LogP contribution in [0.3, 0.4) is 0 Å². The van der Waals surface area contributed by atoms with Crippen LogP contribution in [-0.4, -0.2) is 102 Å². The second-order valence-corrected chi connectivity index (χ2v) is 9.16. The normalized spacial score (nSPS) is 15.2. The van der Waals surface area contributed by atoms with Crippen LogP contribution in [0.15, 0.2) is 53.9 Å². The van der Waals surface area contributed by atoms with Gasteiger partial charge in [-0.3, -0.25) is 9.30 Å². The average Bonchev–Trinajstić information content (AvgIpc) is 3.34. The largest absolute Gasteiger partial charge is 0.405 e. The summed E-state index contributed by atoms with van der Waals surface area (Å²) in [6.45, 7) is 4.92. The molecule has 0 aliphatic carbocycles. The molecule has 3 aromatic rings. The first-order chi connectivity index (χ1) is 18.8. The molecule has 1 aliphatic heterocycles. The van der Waals surface area contributed by atoms with Crippen LogP contribution < -0.4 is 10.6 Å². The lowest BCUT2D eigenvalue weighted by Crippen LogP contribution is -2.47. The smallest absolute Gasteiger partial charge is 0.396 e. The third kappa shape index (κ3) is 8.67. The first kappa shape index (κ1) is 28.3. The number of piperazine rings is 1. The lowest BCUT2D eigenvalue weighted by molar-refractivity contribution is -0.122. The predicted molar refractivity (Wildman–Crippen MR) is 142 cm³/mol. The van der Waals surface area contributed by atoms with Gasteiger partial charge in [0.15, 0.2) is 0 Å². The molecular formula is C26H32F3N7O3. The number of hydrogen-bond donors (Lipinski definition) is 3. The number of nitrogens with zero attached hydrogens (tertiary/aromatic N) is 5. The topological polar surface area (TPSA) is 107 Å². The van der Waals surface area contributed by atoms with E-state index in [0.29, 0.717) is 17.9 Å². The van der Waals surface area contributed by atoms with Crippen molar-refractivity contribution in [1.82, 2.24) is 24.5 Å². The van der Waals surface area contributed by atoms with E-state index in [-0.39, 0.29) is 6.61 Å². The minimum atomic E-state index is -4.48. The Balaban J connectivity index is 1.26. The maximum atomic E-state index is 12.3. The highest BCUT2D eigenvalue weighted by Gasteiger charge is 2.27. The molecule has 2 aromatic heterocycles. The Bertz CT molecular complexity index is 1260. The number of carbonyl (C=O) groups excluding carboxylic acids is 1. The van der Waals surface area contributed by atoms with Crippen molar-refractivity contribution >= 4 is 23.6 Å². The van der Waals surface area contributed by atoms with Gasteiger partial charge in [0.05, 0.1) is 24.7 Å². The Labute approximate surface area is 224 Å². The van der Waals surface area contributed by atoms with Gasteiger partial charge in [-0.25, -0.2) is 9.78 Å². The van der Waals surface area contributed by atoms with Gasteiger partial charge in [-0.05, 0) is 30.7 Å². The van der Waals surface area contributed by atoms with E-state index in [1.165, 1.54) is 0 Å². The molecule has 13 heteroatoms. The number of rotatable bonds is 11. The van der Waals surface area contributed by atoms with E-state index in [2.05, 4.69) is 25.3 Å². The molecular weight excluding hydrogens is 515 g/mol. The summed E-state index contributed by atoms with van der Waals surface area (Å²) >= 11 is 0. The van der Waals surface area contributed by atoms with Crippen molar-refractivity contribution in [3.8, 4) is 11.3 Å². The van der Waals surface area contributed by atoms with Crippen molar-refractivity contribution in [1.29, 1.82) is 0 Å². The van der Waals surface area contributed by atoms with Gasteiger partial charge in [0.1, 0.15) is 18.8 Å². The van der Waals surface area contributed by atoms with Crippen molar-refractivity contribution in [2.45, 2.75) is 12.6 Å². The second-order valence-electron chi connectivity index (χ2n) is 9.16. The van der Waals surface area contributed by atoms with Crippen LogP contribution in [0, 0.1) is 0 Å². The molecule has 1 aromatic carbocycles. The van der Waals surface area contributed by atoms with Crippen LogP contribution in [0.4, 0.5) is 23.7 Å². The Hall–Kier alpha value is -3.68. The Morgan fingerprint density at radius 1 is 1.13 bits per heavy atom. The molecule has 10 nitrogen and oxygen atoms in total. The van der Waals surface area contributed by atoms with Crippen molar-refractivity contribution in [2.24, 2.45) is 5.16 Å². The lowest BCUT2D eigenvalue weighted by atomic mass is 10.1. The summed E-state index contributed by atoms with van der Waals surface area (Å²) in [5.41, 5.74) is 3.33. The van der Waals surface area contributed by atoms with E-state index >= 15 is 0 Å². The van der Waals surface area contributed by atoms with E-state index in [1.54, 1.807) is 35.9 Å². The summed E-state index contributed by atoms with van der Waals surface area (Å²) in [5.74, 6) is 0. The molecule has 0 atom stereocenters. The average molecular weight is 548 g/mol. The third-order valence-electron chi connectivity index (χ3n) is 6.27. The fourth-order valence-corrected chi connectivity index (χ4v) is 4.28. The van der Waals surface area contributed by atoms with Gasteiger partial charge in [-0.15, -0.1) is 0 Å². The highest BCUT2D eigenvalue weighted by atomic mass is 19.4. The number of halogens is 3. The molecule has 0 spiro atoms. The number of pyridine rings is 1. The molecule has 3 N–H and O–H groups in total. The maximum Gasteiger partial charge on any atom is 0.405 e. The first-order valence-electron chi connectivity index (χ1n) is 12.7. The maximum absolute atomic E-state index is 12.3. The quantitative estimate of drug-likeness (QED) is 0.194. The van der Waals surface area contributed by atoms with Gasteiger partial charge >= 0.3 is 12.2 Å². The van der Waals surface area contributed by atoms with Gasteiger partial charge in [0.2, 0.25) is 0 Å². The minimum absolute atomic E-state index is 0.201. The lowest BCUT2D eigenvalue weighted by Gasteiger charge is -2.34. The van der Waals surface area contributed by atoms with Crippen molar-refractivity contribution in [2.75, 3.05) is 64.3 Å². The molecule has 39 heavy (non-hydrogen) atoms. The number of β-amino-alcohol motifs (C(OH)–C–C–N with tert-alkyl or cyclic N) is 1. The zero-order chi connectivity index (χ0) is 27.7. The second kappa shape index (κ2) is 13.4. The van der Waals surface area contributed by atoms with Crippen LogP contribution in [0.2, 0.25) is 0 Å². The fraction of sp³-hybridized carbons (Fsp3) is 0.423. The summed E-state index contributed by atoms with van der Waals surface area (Å²) in [7, 11) is 0. The van der Waals surface area contributed by atoms with Crippen LogP contribution >= 0.6 is 0 Å². The third-order valence-corrected chi connectivity index (χ3v) is 6.27. The van der Waals surface area contributed by atoms with Gasteiger partial charge < -0.3 is 25.5 Å². The molecule has 1 aliphatic rings. The number of aliphatic hydroxyl groups excluding tert-OH is 1. The van der Waals surface area contributed by atoms with Crippen molar-refractivity contribution in [3.63, 3.8) is 0 Å². The molecule has 210 valence electrons. The highest BCUT2D eigenvalue weighted by Crippen LogP contribution is 2.24. The zero-order valence-corrected chi connectivity index (χ0v) is 21.4. The highest BCUT2D eigenvalue weighted by molar-refractivity contribution is 5.90. The number of urea groups is 1. The van der Waals surface area contributed by atoms with Crippen molar-refractivity contribution < 1.29 is 27.9 Å². The van der Waals surface area contributed by atoms with Gasteiger partial charge in [0.25, 0.3) is 0 Å². The monoisotopic (exact) mass is 547 g/mol. The molecule has 1 fully saturated rings. The summed E-state index contributed by atoms with van der Waals surface area (Å²) in [6.07, 6.45) is 1.54. The van der Waals surface area contributed by atoms with Crippen LogP contribution in [0.1, 0.15) is 12.0 Å². The molecule has 0 radical (unpaired) electrons. The van der Waals surface area contributed by atoms with Gasteiger partial charge in [-0.2, -0.15) is 13.2 Å². The molecule has 4 rings (SSSR count). The summed E-state index contributed by atoms with van der Waals surface area (Å²) in [4.78, 5) is 26.3. The predicted octanol–water partition coefficient (Wildman–Crippen LogP) is 3.04. The first-order valence-corrected chi connectivity index (χ1v) is 12.7. The number of amides is 2. The summed E-state index contributed by atoms with van der Waals surface area (Å²) in [6, 6.07) is 9.55. The standard InChI is InChI=1S/C26H32F3N7O3/c27-26(28,29)19-31-25(38)33-22-4-1-3-21(16-22)23-18-30-24-15-20(5-7-36(23)24)17-32-39-14-2-6-34-8-10-35(11-9-34)12-13-37/h1,3-5,7,15-18,37H,2,6,8-14,19H2,(H2,31,33,38). The summed E-state index contributed by atoms with van der Waals surface area (Å²) < 4.78 is 38.8. The number of fused-ring (bicyclic) bond motifs is 1. The number of imidazole rings is 1. The summed E-state index contributed by atoms with van der Waals surface area (Å²) in [5, 5.41) is 17.3. The fourth-order valence-electron chi connectivity index (χ4n) is 4.28. The number of anilines is 1. The molecule has 2 amide bonds. The van der Waals surface area contributed by atoms with Crippen molar-refractivity contribution in [3.05, 3.63) is 54.4 Å². The molecule has 0 bridgehead atoms. The zero-order valence-electron chi connectivity index (χ0n) is 21.4. The van der Waals surface area contributed by atoms with Crippen LogP contribution in [0.5, 0.6) is 0 Å².